The Hall–Kier alpha value is -1.39. The van der Waals surface area contributed by atoms with Crippen molar-refractivity contribution in [3.8, 4) is 0 Å². The van der Waals surface area contributed by atoms with E-state index in [4.69, 9.17) is 4.74 Å². The van der Waals surface area contributed by atoms with E-state index >= 15 is 0 Å². The molecular weight excluding hydrogens is 240 g/mol. The van der Waals surface area contributed by atoms with Crippen molar-refractivity contribution in [2.24, 2.45) is 0 Å². The van der Waals surface area contributed by atoms with Crippen molar-refractivity contribution in [3.63, 3.8) is 0 Å². The summed E-state index contributed by atoms with van der Waals surface area (Å²) in [5.74, 6) is -0.175. The van der Waals surface area contributed by atoms with Crippen LogP contribution in [-0.2, 0) is 16.1 Å². The number of piperazine rings is 1. The van der Waals surface area contributed by atoms with Gasteiger partial charge in [-0.2, -0.15) is 0 Å². The van der Waals surface area contributed by atoms with Gasteiger partial charge in [-0.3, -0.25) is 9.69 Å². The van der Waals surface area contributed by atoms with Crippen LogP contribution in [0.5, 0.6) is 0 Å². The summed E-state index contributed by atoms with van der Waals surface area (Å²) in [6, 6.07) is 9.51. The molecule has 1 N–H and O–H groups in total. The topological polar surface area (TPSA) is 41.6 Å². The Bertz CT molecular complexity index is 431. The van der Waals surface area contributed by atoms with E-state index in [9.17, 15) is 4.79 Å². The summed E-state index contributed by atoms with van der Waals surface area (Å²) in [5, 5.41) is 3.26. The Morgan fingerprint density at radius 2 is 2.11 bits per heavy atom. The predicted molar refractivity (Wildman–Crippen MR) is 74.7 cm³/mol. The van der Waals surface area contributed by atoms with Crippen molar-refractivity contribution in [3.05, 3.63) is 35.9 Å². The molecule has 0 saturated carbocycles. The SMILES string of the molecule is CN1CC(C(=O)OCc2ccccc2)NCC1(C)C. The lowest BCUT2D eigenvalue weighted by atomic mass is 9.98. The molecule has 1 aliphatic rings. The highest BCUT2D eigenvalue weighted by molar-refractivity contribution is 5.76. The molecule has 1 fully saturated rings. The molecule has 19 heavy (non-hydrogen) atoms. The minimum atomic E-state index is -0.235. The molecule has 0 aliphatic carbocycles. The zero-order valence-electron chi connectivity index (χ0n) is 11.8. The monoisotopic (exact) mass is 262 g/mol. The van der Waals surface area contributed by atoms with Crippen LogP contribution in [0.1, 0.15) is 19.4 Å². The molecule has 1 aromatic carbocycles. The van der Waals surface area contributed by atoms with E-state index in [2.05, 4.69) is 24.1 Å². The first kappa shape index (κ1) is 14.0. The van der Waals surface area contributed by atoms with Crippen LogP contribution in [0, 0.1) is 0 Å². The fraction of sp³-hybridized carbons (Fsp3) is 0.533. The van der Waals surface area contributed by atoms with Gasteiger partial charge < -0.3 is 10.1 Å². The van der Waals surface area contributed by atoms with Gasteiger partial charge in [0.1, 0.15) is 12.6 Å². The number of rotatable bonds is 3. The Kier molecular flexibility index (Phi) is 4.22. The molecule has 1 atom stereocenters. The number of hydrogen-bond donors (Lipinski definition) is 1. The van der Waals surface area contributed by atoms with E-state index in [1.165, 1.54) is 0 Å². The van der Waals surface area contributed by atoms with Gasteiger partial charge in [0.15, 0.2) is 0 Å². The number of carbonyl (C=O) groups is 1. The molecule has 0 aromatic heterocycles. The average Bonchev–Trinajstić information content (AvgIpc) is 2.40. The number of esters is 1. The lowest BCUT2D eigenvalue weighted by Gasteiger charge is -2.43. The van der Waals surface area contributed by atoms with Crippen LogP contribution >= 0.6 is 0 Å². The number of benzene rings is 1. The first-order chi connectivity index (χ1) is 8.99. The second-order valence-corrected chi connectivity index (χ2v) is 5.72. The van der Waals surface area contributed by atoms with Crippen LogP contribution in [-0.4, -0.2) is 42.6 Å². The summed E-state index contributed by atoms with van der Waals surface area (Å²) >= 11 is 0. The highest BCUT2D eigenvalue weighted by atomic mass is 16.5. The smallest absolute Gasteiger partial charge is 0.324 e. The number of nitrogens with one attached hydrogen (secondary N) is 1. The van der Waals surface area contributed by atoms with Crippen molar-refractivity contribution in [1.29, 1.82) is 0 Å². The molecule has 2 rings (SSSR count). The summed E-state index contributed by atoms with van der Waals surface area (Å²) in [6.45, 7) is 6.12. The van der Waals surface area contributed by atoms with Crippen molar-refractivity contribution in [2.75, 3.05) is 20.1 Å². The lowest BCUT2D eigenvalue weighted by molar-refractivity contribution is -0.149. The second-order valence-electron chi connectivity index (χ2n) is 5.72. The molecule has 0 amide bonds. The first-order valence-electron chi connectivity index (χ1n) is 6.64. The van der Waals surface area contributed by atoms with Crippen LogP contribution in [0.15, 0.2) is 30.3 Å². The Morgan fingerprint density at radius 1 is 1.42 bits per heavy atom. The molecular formula is C15H22N2O2. The van der Waals surface area contributed by atoms with Gasteiger partial charge in [-0.15, -0.1) is 0 Å². The minimum Gasteiger partial charge on any atom is -0.460 e. The molecule has 1 heterocycles. The van der Waals surface area contributed by atoms with Gasteiger partial charge in [-0.25, -0.2) is 0 Å². The molecule has 1 unspecified atom stereocenters. The fourth-order valence-corrected chi connectivity index (χ4v) is 2.08. The molecule has 4 nitrogen and oxygen atoms in total. The molecule has 1 aromatic rings. The van der Waals surface area contributed by atoms with E-state index in [1.54, 1.807) is 0 Å². The fourth-order valence-electron chi connectivity index (χ4n) is 2.08. The van der Waals surface area contributed by atoms with Gasteiger partial charge in [0, 0.05) is 18.6 Å². The van der Waals surface area contributed by atoms with Gasteiger partial charge in [0.25, 0.3) is 0 Å². The van der Waals surface area contributed by atoms with Crippen molar-refractivity contribution >= 4 is 5.97 Å². The van der Waals surface area contributed by atoms with E-state index in [-0.39, 0.29) is 17.6 Å². The van der Waals surface area contributed by atoms with Gasteiger partial charge in [-0.05, 0) is 26.5 Å². The maximum absolute atomic E-state index is 12.0. The van der Waals surface area contributed by atoms with Gasteiger partial charge in [-0.1, -0.05) is 30.3 Å². The third-order valence-corrected chi connectivity index (χ3v) is 3.78. The van der Waals surface area contributed by atoms with Crippen LogP contribution in [0.3, 0.4) is 0 Å². The highest BCUT2D eigenvalue weighted by Crippen LogP contribution is 2.16. The molecule has 1 saturated heterocycles. The van der Waals surface area contributed by atoms with E-state index < -0.39 is 0 Å². The summed E-state index contributed by atoms with van der Waals surface area (Å²) in [6.07, 6.45) is 0. The zero-order valence-corrected chi connectivity index (χ0v) is 11.8. The van der Waals surface area contributed by atoms with Crippen LogP contribution in [0.4, 0.5) is 0 Å². The van der Waals surface area contributed by atoms with Crippen LogP contribution < -0.4 is 5.32 Å². The van der Waals surface area contributed by atoms with Crippen LogP contribution in [0.25, 0.3) is 0 Å². The van der Waals surface area contributed by atoms with Crippen molar-refractivity contribution in [1.82, 2.24) is 10.2 Å². The van der Waals surface area contributed by atoms with E-state index in [0.717, 1.165) is 12.1 Å². The first-order valence-corrected chi connectivity index (χ1v) is 6.64. The maximum Gasteiger partial charge on any atom is 0.324 e. The quantitative estimate of drug-likeness (QED) is 0.836. The summed E-state index contributed by atoms with van der Waals surface area (Å²) < 4.78 is 5.36. The summed E-state index contributed by atoms with van der Waals surface area (Å²) in [4.78, 5) is 14.2. The number of nitrogens with zero attached hydrogens (tertiary/aromatic N) is 1. The summed E-state index contributed by atoms with van der Waals surface area (Å²) in [7, 11) is 2.04. The zero-order chi connectivity index (χ0) is 13.9. The van der Waals surface area contributed by atoms with Gasteiger partial charge in [0.05, 0.1) is 0 Å². The standard InChI is InChI=1S/C15H22N2O2/c1-15(2)11-16-13(9-17(15)3)14(18)19-10-12-7-5-4-6-8-12/h4-8,13,16H,9-11H2,1-3H3. The molecule has 0 spiro atoms. The van der Waals surface area contributed by atoms with E-state index in [0.29, 0.717) is 13.2 Å². The maximum atomic E-state index is 12.0. The van der Waals surface area contributed by atoms with Crippen molar-refractivity contribution < 1.29 is 9.53 Å². The molecule has 1 aliphatic heterocycles. The Morgan fingerprint density at radius 3 is 2.74 bits per heavy atom. The Balaban J connectivity index is 1.84. The average molecular weight is 262 g/mol. The highest BCUT2D eigenvalue weighted by Gasteiger charge is 2.34. The lowest BCUT2D eigenvalue weighted by Crippen LogP contribution is -2.62. The van der Waals surface area contributed by atoms with Gasteiger partial charge in [0.2, 0.25) is 0 Å². The molecule has 0 radical (unpaired) electrons. The molecule has 104 valence electrons. The van der Waals surface area contributed by atoms with Crippen molar-refractivity contribution in [2.45, 2.75) is 32.0 Å². The third-order valence-electron chi connectivity index (χ3n) is 3.78. The minimum absolute atomic E-state index is 0.0796. The normalized spacial score (nSPS) is 23.0. The van der Waals surface area contributed by atoms with E-state index in [1.807, 2.05) is 37.4 Å². The Labute approximate surface area is 114 Å². The number of hydrogen-bond acceptors (Lipinski definition) is 4. The number of likely N-dealkylation sites (N-methyl/N-ethyl adjacent to an activating group) is 1. The molecule has 0 bridgehead atoms. The summed E-state index contributed by atoms with van der Waals surface area (Å²) in [5.41, 5.74) is 1.09. The largest absolute Gasteiger partial charge is 0.460 e. The van der Waals surface area contributed by atoms with Crippen LogP contribution in [0.2, 0.25) is 0 Å². The number of carbonyl (C=O) groups excluding carboxylic acids is 1. The van der Waals surface area contributed by atoms with Gasteiger partial charge >= 0.3 is 5.97 Å². The third kappa shape index (κ3) is 3.55. The second kappa shape index (κ2) is 5.72. The molecule has 4 heteroatoms. The predicted octanol–water partition coefficient (Wildman–Crippen LogP) is 1.41. The number of ether oxygens (including phenoxy) is 1.